The molecule has 2 aromatic rings. The van der Waals surface area contributed by atoms with Crippen LogP contribution in [0.3, 0.4) is 0 Å². The van der Waals surface area contributed by atoms with Crippen LogP contribution in [0.4, 0.5) is 0 Å². The lowest BCUT2D eigenvalue weighted by molar-refractivity contribution is -0.136. The van der Waals surface area contributed by atoms with E-state index in [0.717, 1.165) is 42.9 Å². The highest BCUT2D eigenvalue weighted by atomic mass is 16.2. The molecule has 0 radical (unpaired) electrons. The van der Waals surface area contributed by atoms with Gasteiger partial charge >= 0.3 is 0 Å². The number of likely N-dealkylation sites (tertiary alicyclic amines) is 1. The number of fused-ring (bicyclic) bond motifs is 1. The SMILES string of the molecule is CC(=O)N1CCc2nc([C@H]3CCCN3C(=O)[C@H](C)Cn3cccn3)ncc2C1. The molecule has 0 bridgehead atoms. The Labute approximate surface area is 164 Å². The quantitative estimate of drug-likeness (QED) is 0.802. The Morgan fingerprint density at radius 3 is 2.93 bits per heavy atom. The normalized spacial score (nSPS) is 20.1. The maximum atomic E-state index is 13.0. The highest BCUT2D eigenvalue weighted by Gasteiger charge is 2.35. The summed E-state index contributed by atoms with van der Waals surface area (Å²) in [4.78, 5) is 37.8. The zero-order valence-corrected chi connectivity index (χ0v) is 16.4. The van der Waals surface area contributed by atoms with E-state index in [2.05, 4.69) is 10.1 Å². The molecule has 2 aliphatic heterocycles. The fourth-order valence-corrected chi connectivity index (χ4v) is 4.11. The lowest BCUT2D eigenvalue weighted by Crippen LogP contribution is -2.38. The van der Waals surface area contributed by atoms with Crippen molar-refractivity contribution in [2.75, 3.05) is 13.1 Å². The van der Waals surface area contributed by atoms with Crippen molar-refractivity contribution in [2.45, 2.75) is 52.2 Å². The molecule has 0 aliphatic carbocycles. The minimum Gasteiger partial charge on any atom is -0.338 e. The first-order valence-electron chi connectivity index (χ1n) is 9.91. The van der Waals surface area contributed by atoms with E-state index < -0.39 is 0 Å². The lowest BCUT2D eigenvalue weighted by atomic mass is 10.1. The van der Waals surface area contributed by atoms with Gasteiger partial charge in [0.1, 0.15) is 0 Å². The van der Waals surface area contributed by atoms with Gasteiger partial charge in [0.15, 0.2) is 5.82 Å². The zero-order chi connectivity index (χ0) is 19.7. The largest absolute Gasteiger partial charge is 0.338 e. The third kappa shape index (κ3) is 3.63. The average Bonchev–Trinajstić information content (AvgIpc) is 3.38. The van der Waals surface area contributed by atoms with E-state index in [0.29, 0.717) is 19.6 Å². The van der Waals surface area contributed by atoms with Crippen molar-refractivity contribution in [3.63, 3.8) is 0 Å². The van der Waals surface area contributed by atoms with E-state index in [1.54, 1.807) is 17.8 Å². The standard InChI is InChI=1S/C20H26N6O2/c1-14(12-25-8-4-7-22-25)20(28)26-9-3-5-18(26)19-21-11-16-13-24(15(2)27)10-6-17(16)23-19/h4,7-8,11,14,18H,3,5-6,9-10,12-13H2,1-2H3/t14-,18-/m1/s1. The van der Waals surface area contributed by atoms with E-state index in [4.69, 9.17) is 4.98 Å². The molecule has 0 N–H and O–H groups in total. The molecule has 8 nitrogen and oxygen atoms in total. The monoisotopic (exact) mass is 382 g/mol. The predicted octanol–water partition coefficient (Wildman–Crippen LogP) is 1.58. The van der Waals surface area contributed by atoms with Gasteiger partial charge in [0.2, 0.25) is 11.8 Å². The Balaban J connectivity index is 1.49. The molecule has 148 valence electrons. The molecule has 4 rings (SSSR count). The van der Waals surface area contributed by atoms with Gasteiger partial charge in [-0.1, -0.05) is 6.92 Å². The van der Waals surface area contributed by atoms with Gasteiger partial charge in [-0.2, -0.15) is 5.10 Å². The highest BCUT2D eigenvalue weighted by molar-refractivity contribution is 5.79. The summed E-state index contributed by atoms with van der Waals surface area (Å²) in [5.74, 6) is 0.782. The minimum absolute atomic E-state index is 0.0660. The number of hydrogen-bond donors (Lipinski definition) is 0. The Bertz CT molecular complexity index is 866. The zero-order valence-electron chi connectivity index (χ0n) is 16.4. The number of hydrogen-bond acceptors (Lipinski definition) is 5. The summed E-state index contributed by atoms with van der Waals surface area (Å²) in [5.41, 5.74) is 2.01. The third-order valence-corrected chi connectivity index (χ3v) is 5.67. The maximum absolute atomic E-state index is 13.0. The van der Waals surface area contributed by atoms with Crippen LogP contribution in [0.25, 0.3) is 0 Å². The van der Waals surface area contributed by atoms with Crippen molar-refractivity contribution < 1.29 is 9.59 Å². The topological polar surface area (TPSA) is 84.2 Å². The average molecular weight is 382 g/mol. The van der Waals surface area contributed by atoms with Gasteiger partial charge < -0.3 is 9.80 Å². The Kier molecular flexibility index (Phi) is 5.11. The minimum atomic E-state index is -0.151. The van der Waals surface area contributed by atoms with Crippen LogP contribution in [0.1, 0.15) is 49.8 Å². The first-order chi connectivity index (χ1) is 13.5. The van der Waals surface area contributed by atoms with Crippen molar-refractivity contribution >= 4 is 11.8 Å². The first kappa shape index (κ1) is 18.6. The van der Waals surface area contributed by atoms with Crippen LogP contribution in [0, 0.1) is 5.92 Å². The Morgan fingerprint density at radius 1 is 1.32 bits per heavy atom. The van der Waals surface area contributed by atoms with Gasteiger partial charge in [-0.25, -0.2) is 9.97 Å². The Hall–Kier alpha value is -2.77. The highest BCUT2D eigenvalue weighted by Crippen LogP contribution is 2.32. The van der Waals surface area contributed by atoms with Crippen LogP contribution >= 0.6 is 0 Å². The van der Waals surface area contributed by atoms with Gasteiger partial charge in [0.25, 0.3) is 0 Å². The van der Waals surface area contributed by atoms with Crippen molar-refractivity contribution in [3.8, 4) is 0 Å². The summed E-state index contributed by atoms with van der Waals surface area (Å²) >= 11 is 0. The number of nitrogens with zero attached hydrogens (tertiary/aromatic N) is 6. The van der Waals surface area contributed by atoms with Crippen LogP contribution in [-0.2, 0) is 29.1 Å². The van der Waals surface area contributed by atoms with Crippen molar-refractivity contribution in [3.05, 3.63) is 41.7 Å². The molecule has 0 aromatic carbocycles. The fourth-order valence-electron chi connectivity index (χ4n) is 4.11. The summed E-state index contributed by atoms with van der Waals surface area (Å²) in [6.45, 7) is 6.11. The molecule has 1 saturated heterocycles. The number of amides is 2. The van der Waals surface area contributed by atoms with Crippen molar-refractivity contribution in [1.29, 1.82) is 0 Å². The third-order valence-electron chi connectivity index (χ3n) is 5.67. The van der Waals surface area contributed by atoms with Crippen LogP contribution in [-0.4, -0.2) is 54.5 Å². The lowest BCUT2D eigenvalue weighted by Gasteiger charge is -2.29. The van der Waals surface area contributed by atoms with Crippen LogP contribution < -0.4 is 0 Å². The molecule has 2 atom stereocenters. The van der Waals surface area contributed by atoms with E-state index in [1.807, 2.05) is 35.2 Å². The molecular weight excluding hydrogens is 356 g/mol. The van der Waals surface area contributed by atoms with Gasteiger partial charge in [0.05, 0.1) is 24.2 Å². The van der Waals surface area contributed by atoms with E-state index in [9.17, 15) is 9.59 Å². The Morgan fingerprint density at radius 2 is 2.18 bits per heavy atom. The molecule has 0 spiro atoms. The molecular formula is C20H26N6O2. The predicted molar refractivity (Wildman–Crippen MR) is 102 cm³/mol. The summed E-state index contributed by atoms with van der Waals surface area (Å²) in [5, 5.41) is 4.20. The molecule has 2 aliphatic rings. The van der Waals surface area contributed by atoms with Crippen molar-refractivity contribution in [1.82, 2.24) is 29.5 Å². The second-order valence-electron chi connectivity index (χ2n) is 7.71. The van der Waals surface area contributed by atoms with E-state index >= 15 is 0 Å². The van der Waals surface area contributed by atoms with Gasteiger partial charge in [-0.05, 0) is 18.9 Å². The molecule has 2 aromatic heterocycles. The van der Waals surface area contributed by atoms with E-state index in [-0.39, 0.29) is 23.8 Å². The molecule has 0 saturated carbocycles. The molecule has 28 heavy (non-hydrogen) atoms. The second kappa shape index (κ2) is 7.69. The van der Waals surface area contributed by atoms with Crippen LogP contribution in [0.15, 0.2) is 24.7 Å². The van der Waals surface area contributed by atoms with E-state index in [1.165, 1.54) is 0 Å². The molecule has 0 unspecified atom stereocenters. The first-order valence-corrected chi connectivity index (χ1v) is 9.91. The van der Waals surface area contributed by atoms with Crippen LogP contribution in [0.2, 0.25) is 0 Å². The fraction of sp³-hybridized carbons (Fsp3) is 0.550. The van der Waals surface area contributed by atoms with Gasteiger partial charge in [0, 0.05) is 57.1 Å². The molecule has 8 heteroatoms. The maximum Gasteiger partial charge on any atom is 0.227 e. The summed E-state index contributed by atoms with van der Waals surface area (Å²) in [6.07, 6.45) is 8.02. The summed E-state index contributed by atoms with van der Waals surface area (Å²) < 4.78 is 1.80. The number of rotatable bonds is 4. The van der Waals surface area contributed by atoms with Gasteiger partial charge in [-0.15, -0.1) is 0 Å². The number of carbonyl (C=O) groups excluding carboxylic acids is 2. The second-order valence-corrected chi connectivity index (χ2v) is 7.71. The summed E-state index contributed by atoms with van der Waals surface area (Å²) in [6, 6.07) is 1.80. The molecule has 1 fully saturated rings. The number of aromatic nitrogens is 4. The molecule has 4 heterocycles. The van der Waals surface area contributed by atoms with Crippen LogP contribution in [0.5, 0.6) is 0 Å². The number of carbonyl (C=O) groups is 2. The van der Waals surface area contributed by atoms with Gasteiger partial charge in [-0.3, -0.25) is 14.3 Å². The van der Waals surface area contributed by atoms with Crippen molar-refractivity contribution in [2.24, 2.45) is 5.92 Å². The summed E-state index contributed by atoms with van der Waals surface area (Å²) in [7, 11) is 0. The molecule has 2 amide bonds. The smallest absolute Gasteiger partial charge is 0.227 e.